The maximum Gasteiger partial charge on any atom is 0.315 e. The average molecular weight is 318 g/mol. The Bertz CT molecular complexity index is 503. The van der Waals surface area contributed by atoms with E-state index in [0.29, 0.717) is 5.92 Å². The number of anilines is 1. The Morgan fingerprint density at radius 1 is 1.17 bits per heavy atom. The molecule has 1 aliphatic heterocycles. The third kappa shape index (κ3) is 4.34. The lowest BCUT2D eigenvalue weighted by molar-refractivity contribution is 0.174. The molecule has 3 rings (SSSR count). The van der Waals surface area contributed by atoms with E-state index in [9.17, 15) is 4.79 Å². The molecule has 1 aromatic heterocycles. The monoisotopic (exact) mass is 318 g/mol. The first-order valence-corrected chi connectivity index (χ1v) is 8.58. The fraction of sp³-hybridized carbons (Fsp3) is 0.647. The summed E-state index contributed by atoms with van der Waals surface area (Å²) < 4.78 is 0. The van der Waals surface area contributed by atoms with Gasteiger partial charge in [-0.3, -0.25) is 0 Å². The lowest BCUT2D eigenvalue weighted by atomic mass is 9.87. The molecule has 0 radical (unpaired) electrons. The molecule has 0 bridgehead atoms. The molecule has 0 spiro atoms. The third-order valence-corrected chi connectivity index (χ3v) is 4.94. The molecule has 126 valence electrons. The lowest BCUT2D eigenvalue weighted by Crippen LogP contribution is -2.48. The maximum absolute atomic E-state index is 12.2. The minimum Gasteiger partial charge on any atom is -0.396 e. The number of hydrogen-bond acceptors (Lipinski definition) is 4. The molecule has 0 aromatic carbocycles. The first kappa shape index (κ1) is 16.1. The molecule has 2 aliphatic rings. The van der Waals surface area contributed by atoms with Gasteiger partial charge in [0, 0.05) is 38.0 Å². The van der Waals surface area contributed by atoms with Crippen molar-refractivity contribution in [1.29, 1.82) is 0 Å². The molecule has 23 heavy (non-hydrogen) atoms. The number of hydrogen-bond donors (Lipinski definition) is 3. The molecule has 1 aliphatic carbocycles. The van der Waals surface area contributed by atoms with Gasteiger partial charge in [-0.1, -0.05) is 6.07 Å². The molecule has 6 heteroatoms. The highest BCUT2D eigenvalue weighted by molar-refractivity contribution is 5.74. The highest BCUT2D eigenvalue weighted by atomic mass is 16.3. The zero-order valence-corrected chi connectivity index (χ0v) is 13.4. The number of aliphatic hydroxyl groups excluding tert-OH is 1. The van der Waals surface area contributed by atoms with Gasteiger partial charge in [-0.25, -0.2) is 9.78 Å². The molecule has 1 saturated heterocycles. The van der Waals surface area contributed by atoms with Crippen molar-refractivity contribution in [3.63, 3.8) is 0 Å². The molecular weight excluding hydrogens is 292 g/mol. The Kier molecular flexibility index (Phi) is 5.33. The molecule has 2 fully saturated rings. The van der Waals surface area contributed by atoms with Gasteiger partial charge in [0.15, 0.2) is 0 Å². The molecule has 2 amide bonds. The summed E-state index contributed by atoms with van der Waals surface area (Å²) in [6, 6.07) is 6.25. The molecule has 6 nitrogen and oxygen atoms in total. The second kappa shape index (κ2) is 7.64. The Hall–Kier alpha value is -1.82. The van der Waals surface area contributed by atoms with Crippen LogP contribution < -0.4 is 15.5 Å². The Morgan fingerprint density at radius 2 is 1.96 bits per heavy atom. The van der Waals surface area contributed by atoms with E-state index in [0.717, 1.165) is 51.0 Å². The van der Waals surface area contributed by atoms with Crippen molar-refractivity contribution in [2.75, 3.05) is 24.6 Å². The molecule has 2 heterocycles. The Balaban J connectivity index is 1.41. The summed E-state index contributed by atoms with van der Waals surface area (Å²) in [5, 5.41) is 15.3. The molecule has 3 N–H and O–H groups in total. The van der Waals surface area contributed by atoms with Gasteiger partial charge in [0.1, 0.15) is 5.82 Å². The van der Waals surface area contributed by atoms with Crippen LogP contribution >= 0.6 is 0 Å². The number of nitrogens with one attached hydrogen (secondary N) is 2. The van der Waals surface area contributed by atoms with Gasteiger partial charge in [0.2, 0.25) is 0 Å². The van der Waals surface area contributed by atoms with Gasteiger partial charge >= 0.3 is 6.03 Å². The van der Waals surface area contributed by atoms with E-state index in [1.165, 1.54) is 0 Å². The normalized spacial score (nSPS) is 27.7. The average Bonchev–Trinajstić information content (AvgIpc) is 3.04. The number of amides is 2. The van der Waals surface area contributed by atoms with E-state index in [-0.39, 0.29) is 24.7 Å². The number of aliphatic hydroxyl groups is 1. The maximum atomic E-state index is 12.2. The summed E-state index contributed by atoms with van der Waals surface area (Å²) in [5.41, 5.74) is 0. The molecule has 1 saturated carbocycles. The quantitative estimate of drug-likeness (QED) is 0.786. The fourth-order valence-corrected chi connectivity index (χ4v) is 3.53. The van der Waals surface area contributed by atoms with E-state index in [2.05, 4.69) is 20.5 Å². The largest absolute Gasteiger partial charge is 0.396 e. The zero-order valence-electron chi connectivity index (χ0n) is 13.4. The second-order valence-corrected chi connectivity index (χ2v) is 6.64. The van der Waals surface area contributed by atoms with Crippen molar-refractivity contribution in [1.82, 2.24) is 15.6 Å². The second-order valence-electron chi connectivity index (χ2n) is 6.64. The van der Waals surface area contributed by atoms with Crippen LogP contribution in [0.4, 0.5) is 10.6 Å². The predicted octanol–water partition coefficient (Wildman–Crippen LogP) is 1.51. The summed E-state index contributed by atoms with van der Waals surface area (Å²) in [5.74, 6) is 1.39. The Morgan fingerprint density at radius 3 is 2.65 bits per heavy atom. The summed E-state index contributed by atoms with van der Waals surface area (Å²) in [4.78, 5) is 18.7. The van der Waals surface area contributed by atoms with E-state index in [4.69, 9.17) is 5.11 Å². The summed E-state index contributed by atoms with van der Waals surface area (Å²) in [6.07, 6.45) is 6.66. The van der Waals surface area contributed by atoms with Crippen LogP contribution in [0.3, 0.4) is 0 Å². The standard InChI is InChI=1S/C17H26N4O2/c22-12-13-4-6-14(7-5-13)19-17(23)20-15-8-10-21(11-15)16-3-1-2-9-18-16/h1-3,9,13-15,22H,4-8,10-12H2,(H2,19,20,23). The van der Waals surface area contributed by atoms with E-state index in [1.807, 2.05) is 18.2 Å². The minimum absolute atomic E-state index is 0.0645. The van der Waals surface area contributed by atoms with E-state index >= 15 is 0 Å². The number of pyridine rings is 1. The summed E-state index contributed by atoms with van der Waals surface area (Å²) >= 11 is 0. The minimum atomic E-state index is -0.0645. The van der Waals surface area contributed by atoms with Gasteiger partial charge < -0.3 is 20.6 Å². The highest BCUT2D eigenvalue weighted by Crippen LogP contribution is 2.23. The van der Waals surface area contributed by atoms with Crippen LogP contribution in [-0.2, 0) is 0 Å². The van der Waals surface area contributed by atoms with E-state index < -0.39 is 0 Å². The van der Waals surface area contributed by atoms with Gasteiger partial charge in [0.25, 0.3) is 0 Å². The van der Waals surface area contributed by atoms with Crippen LogP contribution in [-0.4, -0.2) is 47.9 Å². The van der Waals surface area contributed by atoms with Gasteiger partial charge in [-0.05, 0) is 50.2 Å². The first-order chi connectivity index (χ1) is 11.2. The van der Waals surface area contributed by atoms with Crippen LogP contribution in [0.15, 0.2) is 24.4 Å². The van der Waals surface area contributed by atoms with Gasteiger partial charge in [-0.2, -0.15) is 0 Å². The number of nitrogens with zero attached hydrogens (tertiary/aromatic N) is 2. The van der Waals surface area contributed by atoms with Gasteiger partial charge in [-0.15, -0.1) is 0 Å². The third-order valence-electron chi connectivity index (χ3n) is 4.94. The van der Waals surface area contributed by atoms with Crippen LogP contribution in [0.25, 0.3) is 0 Å². The smallest absolute Gasteiger partial charge is 0.315 e. The van der Waals surface area contributed by atoms with Crippen molar-refractivity contribution in [3.05, 3.63) is 24.4 Å². The SMILES string of the molecule is O=C(NC1CCC(CO)CC1)NC1CCN(c2ccccn2)C1. The lowest BCUT2D eigenvalue weighted by Gasteiger charge is -2.28. The van der Waals surface area contributed by atoms with E-state index in [1.54, 1.807) is 6.20 Å². The molecular formula is C17H26N4O2. The number of aromatic nitrogens is 1. The number of carbonyl (C=O) groups is 1. The summed E-state index contributed by atoms with van der Waals surface area (Å²) in [6.45, 7) is 2.00. The van der Waals surface area contributed by atoms with Crippen LogP contribution in [0.1, 0.15) is 32.1 Å². The van der Waals surface area contributed by atoms with Crippen molar-refractivity contribution in [3.8, 4) is 0 Å². The Labute approximate surface area is 137 Å². The van der Waals surface area contributed by atoms with Crippen molar-refractivity contribution in [2.45, 2.75) is 44.2 Å². The van der Waals surface area contributed by atoms with Crippen molar-refractivity contribution < 1.29 is 9.90 Å². The molecule has 1 atom stereocenters. The predicted molar refractivity (Wildman–Crippen MR) is 89.4 cm³/mol. The number of rotatable bonds is 4. The highest BCUT2D eigenvalue weighted by Gasteiger charge is 2.26. The van der Waals surface area contributed by atoms with Gasteiger partial charge in [0.05, 0.1) is 0 Å². The summed E-state index contributed by atoms with van der Waals surface area (Å²) in [7, 11) is 0. The fourth-order valence-electron chi connectivity index (χ4n) is 3.53. The van der Waals surface area contributed by atoms with Crippen molar-refractivity contribution >= 4 is 11.8 Å². The molecule has 1 unspecified atom stereocenters. The van der Waals surface area contributed by atoms with Crippen LogP contribution in [0.2, 0.25) is 0 Å². The first-order valence-electron chi connectivity index (χ1n) is 8.58. The molecule has 1 aromatic rings. The number of carbonyl (C=O) groups excluding carboxylic acids is 1. The van der Waals surface area contributed by atoms with Crippen LogP contribution in [0.5, 0.6) is 0 Å². The number of urea groups is 1. The van der Waals surface area contributed by atoms with Crippen molar-refractivity contribution in [2.24, 2.45) is 5.92 Å². The zero-order chi connectivity index (χ0) is 16.1. The topological polar surface area (TPSA) is 77.5 Å². The van der Waals surface area contributed by atoms with Crippen LogP contribution in [0, 0.1) is 5.92 Å².